The quantitative estimate of drug-likeness (QED) is 0.739. The molecule has 0 saturated carbocycles. The summed E-state index contributed by atoms with van der Waals surface area (Å²) in [6, 6.07) is 5.86. The SMILES string of the molecule is COC(=O)c1cccc(S(=O)(=O)N2CCC(C(=O)N3CCCC3)CC2)c1. The molecule has 0 unspecified atom stereocenters. The first kappa shape index (κ1) is 18.8. The zero-order valence-corrected chi connectivity index (χ0v) is 15.7. The topological polar surface area (TPSA) is 84.0 Å². The molecule has 2 aliphatic heterocycles. The number of carbonyl (C=O) groups is 2. The Labute approximate surface area is 154 Å². The summed E-state index contributed by atoms with van der Waals surface area (Å²) in [6.45, 7) is 2.26. The minimum absolute atomic E-state index is 0.0738. The Bertz CT molecular complexity index is 779. The van der Waals surface area contributed by atoms with Gasteiger partial charge in [-0.15, -0.1) is 0 Å². The Morgan fingerprint density at radius 2 is 1.73 bits per heavy atom. The van der Waals surface area contributed by atoms with E-state index in [2.05, 4.69) is 4.74 Å². The highest BCUT2D eigenvalue weighted by molar-refractivity contribution is 7.89. The van der Waals surface area contributed by atoms with Crippen LogP contribution in [0.15, 0.2) is 29.2 Å². The van der Waals surface area contributed by atoms with E-state index in [0.29, 0.717) is 25.9 Å². The number of sulfonamides is 1. The summed E-state index contributed by atoms with van der Waals surface area (Å²) >= 11 is 0. The Kier molecular flexibility index (Phi) is 5.62. The maximum atomic E-state index is 12.9. The van der Waals surface area contributed by atoms with Gasteiger partial charge < -0.3 is 9.64 Å². The Balaban J connectivity index is 1.68. The van der Waals surface area contributed by atoms with Crippen molar-refractivity contribution in [1.29, 1.82) is 0 Å². The van der Waals surface area contributed by atoms with Crippen LogP contribution in [0.25, 0.3) is 0 Å². The lowest BCUT2D eigenvalue weighted by atomic mass is 9.97. The number of methoxy groups -OCH3 is 1. The summed E-state index contributed by atoms with van der Waals surface area (Å²) in [5.74, 6) is -0.509. The summed E-state index contributed by atoms with van der Waals surface area (Å²) in [7, 11) is -2.44. The van der Waals surface area contributed by atoms with E-state index in [9.17, 15) is 18.0 Å². The summed E-state index contributed by atoms with van der Waals surface area (Å²) in [5.41, 5.74) is 0.202. The van der Waals surface area contributed by atoms with Crippen molar-refractivity contribution in [3.8, 4) is 0 Å². The molecule has 2 heterocycles. The van der Waals surface area contributed by atoms with Gasteiger partial charge in [0.15, 0.2) is 0 Å². The van der Waals surface area contributed by atoms with Crippen molar-refractivity contribution in [2.24, 2.45) is 5.92 Å². The van der Waals surface area contributed by atoms with Gasteiger partial charge in [-0.3, -0.25) is 4.79 Å². The number of carbonyl (C=O) groups excluding carboxylic acids is 2. The zero-order valence-electron chi connectivity index (χ0n) is 14.9. The third kappa shape index (κ3) is 3.76. The maximum Gasteiger partial charge on any atom is 0.337 e. The van der Waals surface area contributed by atoms with Gasteiger partial charge in [0.2, 0.25) is 15.9 Å². The molecule has 0 aliphatic carbocycles. The minimum Gasteiger partial charge on any atom is -0.465 e. The standard InChI is InChI=1S/C18H24N2O5S/c1-25-18(22)15-5-4-6-16(13-15)26(23,24)20-11-7-14(8-12-20)17(21)19-9-2-3-10-19/h4-6,13-14H,2-3,7-12H2,1H3. The van der Waals surface area contributed by atoms with Crippen molar-refractivity contribution < 1.29 is 22.7 Å². The predicted molar refractivity (Wildman–Crippen MR) is 95.1 cm³/mol. The molecule has 142 valence electrons. The van der Waals surface area contributed by atoms with Crippen LogP contribution in [0.1, 0.15) is 36.0 Å². The van der Waals surface area contributed by atoms with Crippen LogP contribution in [0.2, 0.25) is 0 Å². The third-order valence-electron chi connectivity index (χ3n) is 5.11. The molecule has 2 fully saturated rings. The number of benzene rings is 1. The highest BCUT2D eigenvalue weighted by Crippen LogP contribution is 2.26. The van der Waals surface area contributed by atoms with E-state index in [1.807, 2.05) is 4.90 Å². The van der Waals surface area contributed by atoms with Crippen LogP contribution in [0.3, 0.4) is 0 Å². The molecule has 8 heteroatoms. The number of nitrogens with zero attached hydrogens (tertiary/aromatic N) is 2. The van der Waals surface area contributed by atoms with Gasteiger partial charge in [0.1, 0.15) is 0 Å². The molecule has 0 atom stereocenters. The zero-order chi connectivity index (χ0) is 18.7. The molecule has 26 heavy (non-hydrogen) atoms. The van der Waals surface area contributed by atoms with Crippen LogP contribution < -0.4 is 0 Å². The van der Waals surface area contributed by atoms with Gasteiger partial charge in [-0.25, -0.2) is 13.2 Å². The highest BCUT2D eigenvalue weighted by atomic mass is 32.2. The predicted octanol–water partition coefficient (Wildman–Crippen LogP) is 1.50. The molecular formula is C18H24N2O5S. The average Bonchev–Trinajstić information content (AvgIpc) is 3.21. The van der Waals surface area contributed by atoms with Crippen molar-refractivity contribution in [3.63, 3.8) is 0 Å². The van der Waals surface area contributed by atoms with Gasteiger partial charge in [-0.05, 0) is 43.9 Å². The van der Waals surface area contributed by atoms with E-state index in [1.54, 1.807) is 0 Å². The van der Waals surface area contributed by atoms with Gasteiger partial charge in [0, 0.05) is 32.1 Å². The Morgan fingerprint density at radius 1 is 1.08 bits per heavy atom. The molecule has 1 amide bonds. The molecule has 7 nitrogen and oxygen atoms in total. The molecule has 0 aromatic heterocycles. The number of hydrogen-bond donors (Lipinski definition) is 0. The van der Waals surface area contributed by atoms with E-state index in [-0.39, 0.29) is 22.3 Å². The first-order valence-electron chi connectivity index (χ1n) is 8.91. The van der Waals surface area contributed by atoms with E-state index in [0.717, 1.165) is 25.9 Å². The Hall–Kier alpha value is -1.93. The third-order valence-corrected chi connectivity index (χ3v) is 7.01. The van der Waals surface area contributed by atoms with Crippen LogP contribution in [0, 0.1) is 5.92 Å². The van der Waals surface area contributed by atoms with Gasteiger partial charge in [0.25, 0.3) is 0 Å². The number of amides is 1. The van der Waals surface area contributed by atoms with E-state index in [4.69, 9.17) is 0 Å². The molecule has 2 aliphatic rings. The van der Waals surface area contributed by atoms with Crippen LogP contribution in [0.4, 0.5) is 0 Å². The second-order valence-corrected chi connectivity index (χ2v) is 8.67. The molecular weight excluding hydrogens is 356 g/mol. The fourth-order valence-corrected chi connectivity index (χ4v) is 5.11. The lowest BCUT2D eigenvalue weighted by Crippen LogP contribution is -2.43. The van der Waals surface area contributed by atoms with Crippen LogP contribution >= 0.6 is 0 Å². The first-order valence-corrected chi connectivity index (χ1v) is 10.3. The van der Waals surface area contributed by atoms with Crippen LogP contribution in [-0.2, 0) is 19.6 Å². The van der Waals surface area contributed by atoms with Crippen molar-refractivity contribution in [2.75, 3.05) is 33.3 Å². The van der Waals surface area contributed by atoms with Crippen molar-refractivity contribution in [1.82, 2.24) is 9.21 Å². The minimum atomic E-state index is -3.69. The van der Waals surface area contributed by atoms with Crippen molar-refractivity contribution in [3.05, 3.63) is 29.8 Å². The molecule has 0 bridgehead atoms. The first-order chi connectivity index (χ1) is 12.4. The molecule has 1 aromatic rings. The van der Waals surface area contributed by atoms with Gasteiger partial charge in [-0.2, -0.15) is 4.31 Å². The lowest BCUT2D eigenvalue weighted by Gasteiger charge is -2.32. The largest absolute Gasteiger partial charge is 0.465 e. The maximum absolute atomic E-state index is 12.9. The van der Waals surface area contributed by atoms with Crippen LogP contribution in [-0.4, -0.2) is 62.8 Å². The van der Waals surface area contributed by atoms with Gasteiger partial charge in [0.05, 0.1) is 17.6 Å². The van der Waals surface area contributed by atoms with Crippen molar-refractivity contribution in [2.45, 2.75) is 30.6 Å². The molecule has 3 rings (SSSR count). The number of likely N-dealkylation sites (tertiary alicyclic amines) is 1. The molecule has 0 N–H and O–H groups in total. The normalized spacial score (nSPS) is 19.5. The fourth-order valence-electron chi connectivity index (χ4n) is 3.59. The Morgan fingerprint density at radius 3 is 2.35 bits per heavy atom. The number of piperidine rings is 1. The second kappa shape index (κ2) is 7.75. The molecule has 2 saturated heterocycles. The number of ether oxygens (including phenoxy) is 1. The summed E-state index contributed by atoms with van der Waals surface area (Å²) in [6.07, 6.45) is 3.17. The lowest BCUT2D eigenvalue weighted by molar-refractivity contribution is -0.135. The number of esters is 1. The summed E-state index contributed by atoms with van der Waals surface area (Å²) < 4.78 is 31.8. The van der Waals surface area contributed by atoms with E-state index >= 15 is 0 Å². The summed E-state index contributed by atoms with van der Waals surface area (Å²) in [5, 5.41) is 0. The number of hydrogen-bond acceptors (Lipinski definition) is 5. The molecule has 1 aromatic carbocycles. The van der Waals surface area contributed by atoms with Gasteiger partial charge >= 0.3 is 5.97 Å². The summed E-state index contributed by atoms with van der Waals surface area (Å²) in [4.78, 5) is 26.1. The smallest absolute Gasteiger partial charge is 0.337 e. The highest BCUT2D eigenvalue weighted by Gasteiger charge is 2.34. The van der Waals surface area contributed by atoms with E-state index in [1.165, 1.54) is 35.7 Å². The monoisotopic (exact) mass is 380 g/mol. The molecule has 0 radical (unpaired) electrons. The van der Waals surface area contributed by atoms with Crippen LogP contribution in [0.5, 0.6) is 0 Å². The van der Waals surface area contributed by atoms with Gasteiger partial charge in [-0.1, -0.05) is 6.07 Å². The van der Waals surface area contributed by atoms with E-state index < -0.39 is 16.0 Å². The number of rotatable bonds is 4. The molecule has 0 spiro atoms. The fraction of sp³-hybridized carbons (Fsp3) is 0.556. The average molecular weight is 380 g/mol. The van der Waals surface area contributed by atoms with Crippen molar-refractivity contribution >= 4 is 21.9 Å². The second-order valence-electron chi connectivity index (χ2n) is 6.73.